The molecule has 1 aliphatic rings. The average molecular weight is 304 g/mol. The number of hydrogen-bond donors (Lipinski definition) is 1. The second kappa shape index (κ2) is 5.78. The molecule has 0 saturated heterocycles. The molecule has 0 unspecified atom stereocenters. The standard InChI is InChI=1S/C18H19ClFN/c1-21-12-18(15-8-5-9-16(19)17(15)20)10-14(11-18)13-6-3-2-4-7-13/h2-9,14,21H,10-12H2,1H3. The lowest BCUT2D eigenvalue weighted by molar-refractivity contribution is 0.192. The van der Waals surface area contributed by atoms with Crippen LogP contribution in [0.1, 0.15) is 29.9 Å². The van der Waals surface area contributed by atoms with Crippen molar-refractivity contribution in [1.82, 2.24) is 5.32 Å². The second-order valence-corrected chi connectivity index (χ2v) is 6.34. The number of rotatable bonds is 4. The summed E-state index contributed by atoms with van der Waals surface area (Å²) in [6.07, 6.45) is 1.91. The molecule has 0 amide bonds. The first kappa shape index (κ1) is 14.6. The summed E-state index contributed by atoms with van der Waals surface area (Å²) in [4.78, 5) is 0. The highest BCUT2D eigenvalue weighted by Gasteiger charge is 2.47. The lowest BCUT2D eigenvalue weighted by atomic mass is 9.56. The molecule has 0 atom stereocenters. The minimum atomic E-state index is -0.263. The summed E-state index contributed by atoms with van der Waals surface area (Å²) < 4.78 is 14.4. The van der Waals surface area contributed by atoms with Crippen LogP contribution in [-0.2, 0) is 5.41 Å². The van der Waals surface area contributed by atoms with E-state index in [1.165, 1.54) is 5.56 Å². The van der Waals surface area contributed by atoms with E-state index in [0.717, 1.165) is 24.9 Å². The first-order valence-electron chi connectivity index (χ1n) is 7.30. The van der Waals surface area contributed by atoms with Crippen LogP contribution in [-0.4, -0.2) is 13.6 Å². The topological polar surface area (TPSA) is 12.0 Å². The van der Waals surface area contributed by atoms with Crippen molar-refractivity contribution in [2.75, 3.05) is 13.6 Å². The van der Waals surface area contributed by atoms with Gasteiger partial charge in [-0.05, 0) is 43.0 Å². The smallest absolute Gasteiger partial charge is 0.145 e. The highest BCUT2D eigenvalue weighted by atomic mass is 35.5. The Hall–Kier alpha value is -1.38. The molecule has 2 aromatic carbocycles. The Balaban J connectivity index is 1.89. The Morgan fingerprint density at radius 1 is 1.14 bits per heavy atom. The third kappa shape index (κ3) is 2.58. The van der Waals surface area contributed by atoms with Crippen molar-refractivity contribution in [1.29, 1.82) is 0 Å². The molecular formula is C18H19ClFN. The predicted molar refractivity (Wildman–Crippen MR) is 85.4 cm³/mol. The van der Waals surface area contributed by atoms with Gasteiger partial charge in [0.15, 0.2) is 0 Å². The lowest BCUT2D eigenvalue weighted by Gasteiger charge is -2.49. The van der Waals surface area contributed by atoms with E-state index in [2.05, 4.69) is 29.6 Å². The molecule has 2 aromatic rings. The summed E-state index contributed by atoms with van der Waals surface area (Å²) in [6.45, 7) is 0.771. The van der Waals surface area contributed by atoms with Crippen molar-refractivity contribution >= 4 is 11.6 Å². The van der Waals surface area contributed by atoms with Gasteiger partial charge in [0, 0.05) is 12.0 Å². The summed E-state index contributed by atoms with van der Waals surface area (Å²) in [5.41, 5.74) is 1.94. The van der Waals surface area contributed by atoms with Gasteiger partial charge in [-0.1, -0.05) is 54.1 Å². The van der Waals surface area contributed by atoms with Crippen molar-refractivity contribution in [3.05, 3.63) is 70.5 Å². The largest absolute Gasteiger partial charge is 0.319 e. The summed E-state index contributed by atoms with van der Waals surface area (Å²) in [6, 6.07) is 15.8. The molecule has 3 rings (SSSR count). The minimum Gasteiger partial charge on any atom is -0.319 e. The van der Waals surface area contributed by atoms with E-state index in [4.69, 9.17) is 11.6 Å². The van der Waals surface area contributed by atoms with Gasteiger partial charge in [0.1, 0.15) is 5.82 Å². The van der Waals surface area contributed by atoms with Crippen LogP contribution in [0.3, 0.4) is 0 Å². The van der Waals surface area contributed by atoms with E-state index in [1.54, 1.807) is 6.07 Å². The predicted octanol–water partition coefficient (Wildman–Crippen LogP) is 4.51. The maximum Gasteiger partial charge on any atom is 0.145 e. The number of benzene rings is 2. The van der Waals surface area contributed by atoms with Crippen LogP contribution in [0.15, 0.2) is 48.5 Å². The van der Waals surface area contributed by atoms with E-state index in [0.29, 0.717) is 5.92 Å². The highest BCUT2D eigenvalue weighted by molar-refractivity contribution is 6.30. The molecule has 1 nitrogen and oxygen atoms in total. The highest BCUT2D eigenvalue weighted by Crippen LogP contribution is 2.53. The van der Waals surface area contributed by atoms with Crippen LogP contribution < -0.4 is 5.32 Å². The normalized spacial score (nSPS) is 24.6. The average Bonchev–Trinajstić information content (AvgIpc) is 2.47. The molecule has 0 spiro atoms. The first-order valence-corrected chi connectivity index (χ1v) is 7.68. The minimum absolute atomic E-state index is 0.149. The zero-order chi connectivity index (χ0) is 14.9. The zero-order valence-corrected chi connectivity index (χ0v) is 12.8. The molecule has 21 heavy (non-hydrogen) atoms. The van der Waals surface area contributed by atoms with Crippen molar-refractivity contribution in [2.24, 2.45) is 0 Å². The molecule has 1 aliphatic carbocycles. The van der Waals surface area contributed by atoms with Crippen molar-refractivity contribution < 1.29 is 4.39 Å². The molecule has 1 saturated carbocycles. The molecule has 0 aliphatic heterocycles. The molecule has 3 heteroatoms. The van der Waals surface area contributed by atoms with Crippen LogP contribution >= 0.6 is 11.6 Å². The molecule has 0 aromatic heterocycles. The van der Waals surface area contributed by atoms with E-state index in [-0.39, 0.29) is 16.3 Å². The third-order valence-corrected chi connectivity index (χ3v) is 4.88. The monoisotopic (exact) mass is 303 g/mol. The van der Waals surface area contributed by atoms with Gasteiger partial charge in [0.25, 0.3) is 0 Å². The Kier molecular flexibility index (Phi) is 4.01. The van der Waals surface area contributed by atoms with Crippen LogP contribution in [0.5, 0.6) is 0 Å². The fraction of sp³-hybridized carbons (Fsp3) is 0.333. The maximum absolute atomic E-state index is 14.4. The van der Waals surface area contributed by atoms with Gasteiger partial charge in [0.2, 0.25) is 0 Å². The summed E-state index contributed by atoms with van der Waals surface area (Å²) >= 11 is 5.96. The fourth-order valence-corrected chi connectivity index (χ4v) is 3.73. The molecule has 0 bridgehead atoms. The summed E-state index contributed by atoms with van der Waals surface area (Å²) in [7, 11) is 1.92. The van der Waals surface area contributed by atoms with E-state index in [9.17, 15) is 4.39 Å². The quantitative estimate of drug-likeness (QED) is 0.876. The number of halogens is 2. The first-order chi connectivity index (χ1) is 10.2. The van der Waals surface area contributed by atoms with Gasteiger partial charge in [-0.3, -0.25) is 0 Å². The van der Waals surface area contributed by atoms with Gasteiger partial charge in [-0.25, -0.2) is 4.39 Å². The Bertz CT molecular complexity index is 620. The van der Waals surface area contributed by atoms with E-state index < -0.39 is 0 Å². The van der Waals surface area contributed by atoms with Crippen LogP contribution in [0.4, 0.5) is 4.39 Å². The second-order valence-electron chi connectivity index (χ2n) is 5.93. The summed E-state index contributed by atoms with van der Waals surface area (Å²) in [5, 5.41) is 3.43. The Labute approximate surface area is 130 Å². The maximum atomic E-state index is 14.4. The van der Waals surface area contributed by atoms with Crippen molar-refractivity contribution in [2.45, 2.75) is 24.2 Å². The van der Waals surface area contributed by atoms with Crippen molar-refractivity contribution in [3.63, 3.8) is 0 Å². The molecule has 1 N–H and O–H groups in total. The molecule has 0 radical (unpaired) electrons. The van der Waals surface area contributed by atoms with Crippen LogP contribution in [0.2, 0.25) is 5.02 Å². The lowest BCUT2D eigenvalue weighted by Crippen LogP contribution is -2.47. The van der Waals surface area contributed by atoms with Crippen LogP contribution in [0, 0.1) is 5.82 Å². The van der Waals surface area contributed by atoms with Gasteiger partial charge >= 0.3 is 0 Å². The van der Waals surface area contributed by atoms with Gasteiger partial charge < -0.3 is 5.32 Å². The molecule has 1 fully saturated rings. The molecule has 110 valence electrons. The SMILES string of the molecule is CNCC1(c2cccc(Cl)c2F)CC(c2ccccc2)C1. The third-order valence-electron chi connectivity index (χ3n) is 4.58. The van der Waals surface area contributed by atoms with Gasteiger partial charge in [-0.15, -0.1) is 0 Å². The zero-order valence-electron chi connectivity index (χ0n) is 12.1. The Morgan fingerprint density at radius 2 is 1.86 bits per heavy atom. The van der Waals surface area contributed by atoms with E-state index >= 15 is 0 Å². The van der Waals surface area contributed by atoms with Crippen molar-refractivity contribution in [3.8, 4) is 0 Å². The van der Waals surface area contributed by atoms with Gasteiger partial charge in [0.05, 0.1) is 5.02 Å². The fourth-order valence-electron chi connectivity index (χ4n) is 3.56. The van der Waals surface area contributed by atoms with Gasteiger partial charge in [-0.2, -0.15) is 0 Å². The summed E-state index contributed by atoms with van der Waals surface area (Å²) in [5.74, 6) is 0.235. The number of likely N-dealkylation sites (N-methyl/N-ethyl adjacent to an activating group) is 1. The Morgan fingerprint density at radius 3 is 2.52 bits per heavy atom. The number of hydrogen-bond acceptors (Lipinski definition) is 1. The molecular weight excluding hydrogens is 285 g/mol. The molecule has 0 heterocycles. The van der Waals surface area contributed by atoms with Crippen LogP contribution in [0.25, 0.3) is 0 Å². The van der Waals surface area contributed by atoms with E-state index in [1.807, 2.05) is 25.2 Å². The number of nitrogens with one attached hydrogen (secondary N) is 1.